The first-order valence-electron chi connectivity index (χ1n) is 6.19. The van der Waals surface area contributed by atoms with Crippen LogP contribution in [0.3, 0.4) is 0 Å². The highest BCUT2D eigenvalue weighted by Gasteiger charge is 2.13. The van der Waals surface area contributed by atoms with Gasteiger partial charge >= 0.3 is 0 Å². The SMILES string of the molecule is CCOC(=S)CC(=S)N(CCOC)c1ccccc1. The van der Waals surface area contributed by atoms with Crippen molar-refractivity contribution in [1.82, 2.24) is 0 Å². The van der Waals surface area contributed by atoms with E-state index in [1.54, 1.807) is 7.11 Å². The number of thiocarbonyl (C=S) groups is 2. The van der Waals surface area contributed by atoms with E-state index in [1.165, 1.54) is 0 Å². The minimum atomic E-state index is 0.483. The van der Waals surface area contributed by atoms with Crippen molar-refractivity contribution in [1.29, 1.82) is 0 Å². The third-order valence-corrected chi connectivity index (χ3v) is 3.12. The number of methoxy groups -OCH3 is 1. The van der Waals surface area contributed by atoms with Crippen molar-refractivity contribution in [2.75, 3.05) is 31.8 Å². The van der Waals surface area contributed by atoms with Gasteiger partial charge in [0.15, 0.2) is 5.05 Å². The van der Waals surface area contributed by atoms with Crippen LogP contribution < -0.4 is 4.90 Å². The largest absolute Gasteiger partial charge is 0.487 e. The molecule has 0 radical (unpaired) electrons. The maximum Gasteiger partial charge on any atom is 0.166 e. The molecule has 19 heavy (non-hydrogen) atoms. The maximum atomic E-state index is 5.46. The molecule has 0 amide bonds. The van der Waals surface area contributed by atoms with Gasteiger partial charge in [-0.2, -0.15) is 0 Å². The van der Waals surface area contributed by atoms with E-state index in [0.717, 1.165) is 10.7 Å². The number of para-hydroxylation sites is 1. The second kappa shape index (κ2) is 8.96. The van der Waals surface area contributed by atoms with Gasteiger partial charge in [-0.1, -0.05) is 30.4 Å². The predicted octanol–water partition coefficient (Wildman–Crippen LogP) is 3.22. The molecule has 0 heterocycles. The lowest BCUT2D eigenvalue weighted by molar-refractivity contribution is 0.208. The van der Waals surface area contributed by atoms with E-state index >= 15 is 0 Å². The van der Waals surface area contributed by atoms with Gasteiger partial charge in [-0.3, -0.25) is 0 Å². The monoisotopic (exact) mass is 297 g/mol. The number of hydrogen-bond donors (Lipinski definition) is 0. The second-order valence-corrected chi connectivity index (χ2v) is 4.78. The Bertz CT molecular complexity index is 409. The summed E-state index contributed by atoms with van der Waals surface area (Å²) in [6, 6.07) is 9.99. The van der Waals surface area contributed by atoms with E-state index in [-0.39, 0.29) is 0 Å². The summed E-state index contributed by atoms with van der Waals surface area (Å²) >= 11 is 10.6. The highest BCUT2D eigenvalue weighted by Crippen LogP contribution is 2.15. The topological polar surface area (TPSA) is 21.7 Å². The highest BCUT2D eigenvalue weighted by molar-refractivity contribution is 7.82. The lowest BCUT2D eigenvalue weighted by Crippen LogP contribution is -2.34. The molecule has 1 aromatic rings. The van der Waals surface area contributed by atoms with Crippen LogP contribution in [0.4, 0.5) is 5.69 Å². The van der Waals surface area contributed by atoms with E-state index in [0.29, 0.717) is 31.2 Å². The molecule has 0 atom stereocenters. The van der Waals surface area contributed by atoms with Crippen LogP contribution in [0.5, 0.6) is 0 Å². The molecule has 1 aromatic carbocycles. The fourth-order valence-electron chi connectivity index (χ4n) is 1.62. The zero-order valence-corrected chi connectivity index (χ0v) is 12.9. The minimum absolute atomic E-state index is 0.483. The van der Waals surface area contributed by atoms with Crippen molar-refractivity contribution in [3.63, 3.8) is 0 Å². The highest BCUT2D eigenvalue weighted by atomic mass is 32.1. The Labute approximate surface area is 125 Å². The zero-order valence-electron chi connectivity index (χ0n) is 11.3. The fourth-order valence-corrected chi connectivity index (χ4v) is 2.29. The molecule has 0 saturated heterocycles. The molecule has 0 aliphatic carbocycles. The number of anilines is 1. The van der Waals surface area contributed by atoms with Crippen LogP contribution in [-0.4, -0.2) is 36.9 Å². The molecule has 104 valence electrons. The Kier molecular flexibility index (Phi) is 7.55. The van der Waals surface area contributed by atoms with Gasteiger partial charge in [0.1, 0.15) is 0 Å². The Hall–Kier alpha value is -1.04. The average Bonchev–Trinajstić information content (AvgIpc) is 2.40. The molecule has 1 rings (SSSR count). The number of rotatable bonds is 7. The Morgan fingerprint density at radius 2 is 1.89 bits per heavy atom. The molecule has 3 nitrogen and oxygen atoms in total. The Morgan fingerprint density at radius 1 is 1.21 bits per heavy atom. The van der Waals surface area contributed by atoms with Crippen molar-refractivity contribution in [2.24, 2.45) is 0 Å². The van der Waals surface area contributed by atoms with Crippen molar-refractivity contribution in [2.45, 2.75) is 13.3 Å². The van der Waals surface area contributed by atoms with Crippen LogP contribution in [0.1, 0.15) is 13.3 Å². The summed E-state index contributed by atoms with van der Waals surface area (Å²) in [5.41, 5.74) is 1.05. The summed E-state index contributed by atoms with van der Waals surface area (Å²) in [4.78, 5) is 2.78. The van der Waals surface area contributed by atoms with Gasteiger partial charge in [0.25, 0.3) is 0 Å². The van der Waals surface area contributed by atoms with Crippen molar-refractivity contribution < 1.29 is 9.47 Å². The summed E-state index contributed by atoms with van der Waals surface area (Å²) in [7, 11) is 1.68. The minimum Gasteiger partial charge on any atom is -0.487 e. The van der Waals surface area contributed by atoms with Crippen LogP contribution in [0.15, 0.2) is 30.3 Å². The van der Waals surface area contributed by atoms with Crippen LogP contribution >= 0.6 is 24.4 Å². The van der Waals surface area contributed by atoms with Crippen molar-refractivity contribution in [3.8, 4) is 0 Å². The quantitative estimate of drug-likeness (QED) is 0.719. The lowest BCUT2D eigenvalue weighted by atomic mass is 10.2. The molecule has 5 heteroatoms. The first-order chi connectivity index (χ1) is 9.19. The third kappa shape index (κ3) is 5.63. The number of ether oxygens (including phenoxy) is 2. The predicted molar refractivity (Wildman–Crippen MR) is 87.1 cm³/mol. The van der Waals surface area contributed by atoms with Crippen LogP contribution in [0.2, 0.25) is 0 Å². The molecule has 0 unspecified atom stereocenters. The number of hydrogen-bond acceptors (Lipinski definition) is 4. The van der Waals surface area contributed by atoms with E-state index in [2.05, 4.69) is 0 Å². The molecule has 0 saturated carbocycles. The summed E-state index contributed by atoms with van der Waals surface area (Å²) < 4.78 is 10.4. The molecular weight excluding hydrogens is 278 g/mol. The Balaban J connectivity index is 2.73. The van der Waals surface area contributed by atoms with Gasteiger partial charge in [0.05, 0.1) is 24.6 Å². The van der Waals surface area contributed by atoms with Crippen LogP contribution in [0.25, 0.3) is 0 Å². The number of benzene rings is 1. The molecule has 0 spiro atoms. The van der Waals surface area contributed by atoms with Gasteiger partial charge in [0, 0.05) is 19.3 Å². The Morgan fingerprint density at radius 3 is 2.47 bits per heavy atom. The smallest absolute Gasteiger partial charge is 0.166 e. The first kappa shape index (κ1) is 16.0. The molecule has 0 fully saturated rings. The van der Waals surface area contributed by atoms with E-state index < -0.39 is 0 Å². The van der Waals surface area contributed by atoms with Crippen LogP contribution in [-0.2, 0) is 9.47 Å². The maximum absolute atomic E-state index is 5.46. The standard InChI is InChI=1S/C14H19NO2S2/c1-3-17-14(19)11-13(18)15(9-10-16-2)12-7-5-4-6-8-12/h4-8H,3,9-11H2,1-2H3. The molecule has 0 aliphatic heterocycles. The summed E-state index contributed by atoms with van der Waals surface area (Å²) in [5.74, 6) is 0. The van der Waals surface area contributed by atoms with E-state index in [9.17, 15) is 0 Å². The zero-order chi connectivity index (χ0) is 14.1. The van der Waals surface area contributed by atoms with E-state index in [4.69, 9.17) is 33.9 Å². The number of nitrogens with zero attached hydrogens (tertiary/aromatic N) is 1. The van der Waals surface area contributed by atoms with Gasteiger partial charge < -0.3 is 14.4 Å². The normalized spacial score (nSPS) is 10.0. The van der Waals surface area contributed by atoms with Gasteiger partial charge in [-0.05, 0) is 31.3 Å². The lowest BCUT2D eigenvalue weighted by Gasteiger charge is -2.25. The van der Waals surface area contributed by atoms with Gasteiger partial charge in [-0.25, -0.2) is 0 Å². The second-order valence-electron chi connectivity index (χ2n) is 3.86. The van der Waals surface area contributed by atoms with Gasteiger partial charge in [0.2, 0.25) is 0 Å². The molecule has 0 N–H and O–H groups in total. The van der Waals surface area contributed by atoms with Crippen molar-refractivity contribution >= 4 is 40.2 Å². The molecule has 0 aliphatic rings. The fraction of sp³-hybridized carbons (Fsp3) is 0.429. The summed E-state index contributed by atoms with van der Waals surface area (Å²) in [6.07, 6.45) is 0.483. The van der Waals surface area contributed by atoms with Crippen molar-refractivity contribution in [3.05, 3.63) is 30.3 Å². The molecule has 0 aromatic heterocycles. The average molecular weight is 297 g/mol. The first-order valence-corrected chi connectivity index (χ1v) is 7.00. The van der Waals surface area contributed by atoms with E-state index in [1.807, 2.05) is 42.2 Å². The summed E-state index contributed by atoms with van der Waals surface area (Å²) in [6.45, 7) is 3.80. The third-order valence-electron chi connectivity index (χ3n) is 2.49. The molecular formula is C14H19NO2S2. The molecule has 0 bridgehead atoms. The van der Waals surface area contributed by atoms with Crippen LogP contribution in [0, 0.1) is 0 Å². The summed E-state index contributed by atoms with van der Waals surface area (Å²) in [5, 5.41) is 0.533. The van der Waals surface area contributed by atoms with Gasteiger partial charge in [-0.15, -0.1) is 0 Å².